The average molecular weight is 301 g/mol. The number of nitrogens with zero attached hydrogens (tertiary/aromatic N) is 1. The second-order valence-electron chi connectivity index (χ2n) is 5.36. The smallest absolute Gasteiger partial charge is 0.264 e. The van der Waals surface area contributed by atoms with Gasteiger partial charge in [0.05, 0.1) is 4.88 Å². The van der Waals surface area contributed by atoms with E-state index < -0.39 is 0 Å². The van der Waals surface area contributed by atoms with E-state index in [1.54, 1.807) is 11.3 Å². The van der Waals surface area contributed by atoms with E-state index in [1.165, 1.54) is 24.8 Å². The van der Waals surface area contributed by atoms with Crippen molar-refractivity contribution >= 4 is 29.7 Å². The van der Waals surface area contributed by atoms with E-state index in [0.29, 0.717) is 12.0 Å². The summed E-state index contributed by atoms with van der Waals surface area (Å²) in [5.41, 5.74) is 1.30. The second kappa shape index (κ2) is 6.25. The van der Waals surface area contributed by atoms with Crippen LogP contribution in [0.1, 0.15) is 46.8 Å². The summed E-state index contributed by atoms with van der Waals surface area (Å²) < 4.78 is 0. The van der Waals surface area contributed by atoms with Crippen LogP contribution in [0.25, 0.3) is 0 Å². The van der Waals surface area contributed by atoms with Crippen LogP contribution in [0, 0.1) is 0 Å². The first-order chi connectivity index (χ1) is 8.79. The fraction of sp³-hybridized carbons (Fsp3) is 0.643. The predicted octanol–water partition coefficient (Wildman–Crippen LogP) is 2.87. The highest BCUT2D eigenvalue weighted by Gasteiger charge is 2.31. The maximum Gasteiger partial charge on any atom is 0.264 e. The molecule has 0 bridgehead atoms. The SMILES string of the molecule is CNC1CCCN(C(=O)c2sccc2C2CC2)C1.Cl. The summed E-state index contributed by atoms with van der Waals surface area (Å²) in [7, 11) is 1.99. The minimum atomic E-state index is 0. The third-order valence-corrected chi connectivity index (χ3v) is 4.94. The average Bonchev–Trinajstić information content (AvgIpc) is 3.15. The molecule has 1 unspecified atom stereocenters. The van der Waals surface area contributed by atoms with Gasteiger partial charge in [0.15, 0.2) is 0 Å². The molecule has 2 aliphatic rings. The normalized spacial score (nSPS) is 23.0. The van der Waals surface area contributed by atoms with Gasteiger partial charge in [-0.1, -0.05) is 0 Å². The third-order valence-electron chi connectivity index (χ3n) is 4.02. The van der Waals surface area contributed by atoms with Gasteiger partial charge in [-0.15, -0.1) is 23.7 Å². The third kappa shape index (κ3) is 3.12. The summed E-state index contributed by atoms with van der Waals surface area (Å²) in [6.07, 6.45) is 4.81. The molecule has 2 heterocycles. The lowest BCUT2D eigenvalue weighted by Crippen LogP contribution is -2.46. The first-order valence-corrected chi connectivity index (χ1v) is 7.71. The molecule has 106 valence electrons. The van der Waals surface area contributed by atoms with Crippen molar-refractivity contribution in [3.05, 3.63) is 21.9 Å². The lowest BCUT2D eigenvalue weighted by molar-refractivity contribution is 0.0702. The highest BCUT2D eigenvalue weighted by molar-refractivity contribution is 7.12. The number of hydrogen-bond acceptors (Lipinski definition) is 3. The summed E-state index contributed by atoms with van der Waals surface area (Å²) >= 11 is 1.62. The minimum Gasteiger partial charge on any atom is -0.336 e. The van der Waals surface area contributed by atoms with Crippen molar-refractivity contribution in [1.82, 2.24) is 10.2 Å². The van der Waals surface area contributed by atoms with Crippen LogP contribution in [0.15, 0.2) is 11.4 Å². The molecule has 1 aromatic heterocycles. The molecule has 1 aromatic rings. The summed E-state index contributed by atoms with van der Waals surface area (Å²) in [5, 5.41) is 5.36. The number of likely N-dealkylation sites (N-methyl/N-ethyl adjacent to an activating group) is 1. The summed E-state index contributed by atoms with van der Waals surface area (Å²) in [6, 6.07) is 2.61. The molecule has 1 saturated heterocycles. The van der Waals surface area contributed by atoms with Gasteiger partial charge in [-0.3, -0.25) is 4.79 Å². The van der Waals surface area contributed by atoms with E-state index in [-0.39, 0.29) is 18.3 Å². The van der Waals surface area contributed by atoms with Crippen molar-refractivity contribution in [3.63, 3.8) is 0 Å². The Labute approximate surface area is 124 Å². The lowest BCUT2D eigenvalue weighted by atomic mass is 10.0. The Morgan fingerprint density at radius 2 is 2.21 bits per heavy atom. The predicted molar refractivity (Wildman–Crippen MR) is 81.5 cm³/mol. The van der Waals surface area contributed by atoms with Crippen molar-refractivity contribution in [1.29, 1.82) is 0 Å². The molecule has 1 atom stereocenters. The molecule has 1 aliphatic heterocycles. The molecule has 1 aliphatic carbocycles. The molecule has 1 amide bonds. The van der Waals surface area contributed by atoms with Gasteiger partial charge in [-0.2, -0.15) is 0 Å². The van der Waals surface area contributed by atoms with E-state index in [1.807, 2.05) is 11.9 Å². The zero-order valence-corrected chi connectivity index (χ0v) is 12.9. The molecule has 0 radical (unpaired) electrons. The van der Waals surface area contributed by atoms with Crippen molar-refractivity contribution in [2.45, 2.75) is 37.6 Å². The van der Waals surface area contributed by atoms with Crippen LogP contribution in [0.4, 0.5) is 0 Å². The van der Waals surface area contributed by atoms with Gasteiger partial charge < -0.3 is 10.2 Å². The Morgan fingerprint density at radius 1 is 1.42 bits per heavy atom. The Bertz CT molecular complexity index is 444. The summed E-state index contributed by atoms with van der Waals surface area (Å²) in [6.45, 7) is 1.77. The van der Waals surface area contributed by atoms with Gasteiger partial charge in [0.1, 0.15) is 0 Å². The first kappa shape index (κ1) is 14.8. The Balaban J connectivity index is 0.00000133. The minimum absolute atomic E-state index is 0. The number of carbonyl (C=O) groups is 1. The summed E-state index contributed by atoms with van der Waals surface area (Å²) in [5.74, 6) is 0.923. The van der Waals surface area contributed by atoms with Crippen LogP contribution in [0.5, 0.6) is 0 Å². The zero-order chi connectivity index (χ0) is 12.5. The van der Waals surface area contributed by atoms with Crippen molar-refractivity contribution < 1.29 is 4.79 Å². The number of halogens is 1. The Morgan fingerprint density at radius 3 is 2.89 bits per heavy atom. The molecular weight excluding hydrogens is 280 g/mol. The number of piperidine rings is 1. The molecule has 1 saturated carbocycles. The van der Waals surface area contributed by atoms with E-state index in [9.17, 15) is 4.79 Å². The molecule has 0 aromatic carbocycles. The fourth-order valence-corrected chi connectivity index (χ4v) is 3.70. The first-order valence-electron chi connectivity index (χ1n) is 6.83. The van der Waals surface area contributed by atoms with Crippen LogP contribution in [-0.2, 0) is 0 Å². The van der Waals surface area contributed by atoms with Gasteiger partial charge in [0.2, 0.25) is 0 Å². The van der Waals surface area contributed by atoms with Crippen molar-refractivity contribution in [3.8, 4) is 0 Å². The number of rotatable bonds is 3. The number of nitrogens with one attached hydrogen (secondary N) is 1. The van der Waals surface area contributed by atoms with Gasteiger partial charge in [-0.25, -0.2) is 0 Å². The molecule has 2 fully saturated rings. The van der Waals surface area contributed by atoms with Crippen LogP contribution < -0.4 is 5.32 Å². The molecule has 5 heteroatoms. The van der Waals surface area contributed by atoms with E-state index in [2.05, 4.69) is 16.8 Å². The monoisotopic (exact) mass is 300 g/mol. The molecule has 0 spiro atoms. The maximum absolute atomic E-state index is 12.6. The molecule has 1 N–H and O–H groups in total. The van der Waals surface area contributed by atoms with Gasteiger partial charge in [0, 0.05) is 19.1 Å². The number of carbonyl (C=O) groups excluding carboxylic acids is 1. The Kier molecular flexibility index (Phi) is 4.87. The van der Waals surface area contributed by atoms with Crippen LogP contribution in [0.2, 0.25) is 0 Å². The van der Waals surface area contributed by atoms with Crippen molar-refractivity contribution in [2.24, 2.45) is 0 Å². The number of likely N-dealkylation sites (tertiary alicyclic amines) is 1. The Hall–Kier alpha value is -0.580. The topological polar surface area (TPSA) is 32.3 Å². The van der Waals surface area contributed by atoms with E-state index in [0.717, 1.165) is 24.4 Å². The highest BCUT2D eigenvalue weighted by Crippen LogP contribution is 2.43. The van der Waals surface area contributed by atoms with E-state index in [4.69, 9.17) is 0 Å². The van der Waals surface area contributed by atoms with Crippen LogP contribution in [0.3, 0.4) is 0 Å². The molecule has 19 heavy (non-hydrogen) atoms. The van der Waals surface area contributed by atoms with Gasteiger partial charge >= 0.3 is 0 Å². The lowest BCUT2D eigenvalue weighted by Gasteiger charge is -2.32. The van der Waals surface area contributed by atoms with Crippen LogP contribution >= 0.6 is 23.7 Å². The molecule has 3 nitrogen and oxygen atoms in total. The van der Waals surface area contributed by atoms with Crippen LogP contribution in [-0.4, -0.2) is 37.0 Å². The number of hydrogen-bond donors (Lipinski definition) is 1. The standard InChI is InChI=1S/C14H20N2OS.ClH/c1-15-11-3-2-7-16(9-11)14(17)13-12(6-8-18-13)10-4-5-10;/h6,8,10-11,15H,2-5,7,9H2,1H3;1H. The maximum atomic E-state index is 12.6. The van der Waals surface area contributed by atoms with Crippen molar-refractivity contribution in [2.75, 3.05) is 20.1 Å². The largest absolute Gasteiger partial charge is 0.336 e. The molecular formula is C14H21ClN2OS. The highest BCUT2D eigenvalue weighted by atomic mass is 35.5. The number of amides is 1. The zero-order valence-electron chi connectivity index (χ0n) is 11.2. The fourth-order valence-electron chi connectivity index (χ4n) is 2.75. The van der Waals surface area contributed by atoms with Gasteiger partial charge in [0.25, 0.3) is 5.91 Å². The summed E-state index contributed by atoms with van der Waals surface area (Å²) in [4.78, 5) is 15.6. The van der Waals surface area contributed by atoms with Gasteiger partial charge in [-0.05, 0) is 55.7 Å². The molecule has 3 rings (SSSR count). The number of thiophene rings is 1. The second-order valence-corrected chi connectivity index (χ2v) is 6.27. The quantitative estimate of drug-likeness (QED) is 0.931. The van der Waals surface area contributed by atoms with E-state index >= 15 is 0 Å².